The zero-order valence-corrected chi connectivity index (χ0v) is 8.47. The Balaban J connectivity index is 2.83. The Morgan fingerprint density at radius 1 is 1.53 bits per heavy atom. The van der Waals surface area contributed by atoms with Gasteiger partial charge in [0.05, 0.1) is 18.4 Å². The van der Waals surface area contributed by atoms with Crippen LogP contribution in [0, 0.1) is 4.91 Å². The predicted octanol–water partition coefficient (Wildman–Crippen LogP) is -1.43. The summed E-state index contributed by atoms with van der Waals surface area (Å²) < 4.78 is 0. The van der Waals surface area contributed by atoms with Crippen LogP contribution in [0.4, 0.5) is 10.5 Å². The van der Waals surface area contributed by atoms with Crippen LogP contribution in [0.1, 0.15) is 0 Å². The predicted molar refractivity (Wildman–Crippen MR) is 56.3 cm³/mol. The fraction of sp³-hybridized carbons (Fsp3) is 0.286. The number of urea groups is 1. The number of nitrogens with one attached hydrogen (secondary N) is 3. The molecule has 0 fully saturated rings. The molecule has 0 unspecified atom stereocenters. The van der Waals surface area contributed by atoms with Gasteiger partial charge in [0.25, 0.3) is 5.56 Å². The zero-order chi connectivity index (χ0) is 12.8. The van der Waals surface area contributed by atoms with Crippen molar-refractivity contribution in [1.82, 2.24) is 15.0 Å². The van der Waals surface area contributed by atoms with E-state index in [-0.39, 0.29) is 12.2 Å². The number of carbonyl (C=O) groups is 1. The quantitative estimate of drug-likeness (QED) is 0.378. The second-order valence-corrected chi connectivity index (χ2v) is 2.84. The van der Waals surface area contributed by atoms with Crippen molar-refractivity contribution >= 4 is 11.7 Å². The first-order valence-electron chi connectivity index (χ1n) is 4.43. The van der Waals surface area contributed by atoms with E-state index in [2.05, 4.69) is 10.3 Å². The fourth-order valence-corrected chi connectivity index (χ4v) is 0.957. The second-order valence-electron chi connectivity index (χ2n) is 2.84. The summed E-state index contributed by atoms with van der Waals surface area (Å²) in [5.41, 5.74) is -1.80. The summed E-state index contributed by atoms with van der Waals surface area (Å²) in [6.07, 6.45) is 0.973. The molecule has 1 aromatic rings. The largest absolute Gasteiger partial charge is 0.394 e. The highest BCUT2D eigenvalue weighted by Crippen LogP contribution is 1.97. The Kier molecular flexibility index (Phi) is 4.11. The number of rotatable bonds is 4. The van der Waals surface area contributed by atoms with Crippen LogP contribution < -0.4 is 16.6 Å². The lowest BCUT2D eigenvalue weighted by Gasteiger charge is -2.11. The van der Waals surface area contributed by atoms with E-state index < -0.39 is 23.9 Å². The van der Waals surface area contributed by atoms with Gasteiger partial charge in [-0.05, 0) is 0 Å². The summed E-state index contributed by atoms with van der Waals surface area (Å²) in [6.45, 7) is -0.766. The van der Waals surface area contributed by atoms with Gasteiger partial charge in [-0.1, -0.05) is 0 Å². The molecule has 10 nitrogen and oxygen atoms in total. The van der Waals surface area contributed by atoms with Gasteiger partial charge in [0.2, 0.25) is 0 Å². The lowest BCUT2D eigenvalue weighted by atomic mass is 10.5. The molecule has 0 atom stereocenters. The molecule has 2 amide bonds. The first kappa shape index (κ1) is 12.6. The first-order valence-corrected chi connectivity index (χ1v) is 4.43. The highest BCUT2D eigenvalue weighted by atomic mass is 16.3. The normalized spacial score (nSPS) is 9.71. The van der Waals surface area contributed by atoms with Gasteiger partial charge in [-0.3, -0.25) is 9.78 Å². The van der Waals surface area contributed by atoms with Crippen LogP contribution in [0.25, 0.3) is 0 Å². The highest BCUT2D eigenvalue weighted by Gasteiger charge is 2.14. The molecule has 1 rings (SSSR count). The number of hydrogen-bond acceptors (Lipinski definition) is 6. The molecular weight excluding hydrogens is 234 g/mol. The lowest BCUT2D eigenvalue weighted by molar-refractivity contribution is 0.190. The first-order chi connectivity index (χ1) is 8.08. The van der Waals surface area contributed by atoms with Crippen molar-refractivity contribution < 1.29 is 9.90 Å². The molecule has 0 aliphatic carbocycles. The number of aromatic amines is 2. The summed E-state index contributed by atoms with van der Waals surface area (Å²) >= 11 is 0. The van der Waals surface area contributed by atoms with E-state index in [1.807, 2.05) is 10.3 Å². The van der Waals surface area contributed by atoms with E-state index in [9.17, 15) is 19.3 Å². The van der Waals surface area contributed by atoms with Crippen LogP contribution in [0.15, 0.2) is 21.1 Å². The number of aromatic nitrogens is 2. The van der Waals surface area contributed by atoms with Gasteiger partial charge >= 0.3 is 11.7 Å². The van der Waals surface area contributed by atoms with Crippen molar-refractivity contribution in [2.75, 3.05) is 18.5 Å². The number of H-pyrrole nitrogens is 2. The third-order valence-electron chi connectivity index (χ3n) is 1.71. The molecule has 1 aromatic heterocycles. The third kappa shape index (κ3) is 3.24. The molecule has 0 aliphatic rings. The Hall–Kier alpha value is -2.49. The molecule has 0 radical (unpaired) electrons. The summed E-state index contributed by atoms with van der Waals surface area (Å²) in [4.78, 5) is 47.4. The SMILES string of the molecule is O=NN(CCO)C(=O)Nc1c[nH]c(=O)[nH]c1=O. The minimum absolute atomic E-state index is 0.249. The average molecular weight is 243 g/mol. The third-order valence-corrected chi connectivity index (χ3v) is 1.71. The number of anilines is 1. The van der Waals surface area contributed by atoms with E-state index in [0.717, 1.165) is 6.20 Å². The number of hydrogen-bond donors (Lipinski definition) is 4. The van der Waals surface area contributed by atoms with Crippen LogP contribution in [-0.4, -0.2) is 39.3 Å². The van der Waals surface area contributed by atoms with E-state index in [4.69, 9.17) is 5.11 Å². The van der Waals surface area contributed by atoms with Gasteiger partial charge in [-0.15, -0.1) is 4.91 Å². The Bertz CT molecular complexity index is 520. The number of amides is 2. The molecular formula is C7H9N5O5. The van der Waals surface area contributed by atoms with E-state index in [0.29, 0.717) is 5.01 Å². The molecule has 17 heavy (non-hydrogen) atoms. The molecule has 0 saturated carbocycles. The highest BCUT2D eigenvalue weighted by molar-refractivity contribution is 5.88. The lowest BCUT2D eigenvalue weighted by Crippen LogP contribution is -2.35. The molecule has 0 aromatic carbocycles. The number of carbonyl (C=O) groups excluding carboxylic acids is 1. The number of nitroso groups, excluding NO2 is 1. The molecule has 1 heterocycles. The minimum atomic E-state index is -0.994. The molecule has 10 heteroatoms. The van der Waals surface area contributed by atoms with E-state index in [1.165, 1.54) is 0 Å². The molecule has 0 spiro atoms. The number of nitrogens with zero attached hydrogens (tertiary/aromatic N) is 2. The van der Waals surface area contributed by atoms with Crippen LogP contribution in [-0.2, 0) is 0 Å². The minimum Gasteiger partial charge on any atom is -0.394 e. The summed E-state index contributed by atoms with van der Waals surface area (Å²) in [6, 6.07) is -0.994. The standard InChI is InChI=1S/C7H9N5O5/c13-2-1-12(11-17)7(16)9-4-3-8-6(15)10-5(4)14/h3,13H,1-2H2,(H,9,16)(H2,8,10,14,15). The zero-order valence-electron chi connectivity index (χ0n) is 8.47. The smallest absolute Gasteiger partial charge is 0.345 e. The van der Waals surface area contributed by atoms with Crippen molar-refractivity contribution in [3.05, 3.63) is 31.9 Å². The maximum absolute atomic E-state index is 11.3. The number of aliphatic hydroxyl groups is 1. The van der Waals surface area contributed by atoms with E-state index in [1.54, 1.807) is 0 Å². The molecule has 0 bridgehead atoms. The van der Waals surface area contributed by atoms with Crippen LogP contribution >= 0.6 is 0 Å². The summed E-state index contributed by atoms with van der Waals surface area (Å²) in [5, 5.41) is 13.3. The molecule has 0 saturated heterocycles. The Labute approximate surface area is 93.2 Å². The van der Waals surface area contributed by atoms with Crippen LogP contribution in [0.5, 0.6) is 0 Å². The summed E-state index contributed by atoms with van der Waals surface area (Å²) in [5.74, 6) is 0. The van der Waals surface area contributed by atoms with Gasteiger partial charge in [-0.25, -0.2) is 9.59 Å². The van der Waals surface area contributed by atoms with Crippen molar-refractivity contribution in [2.24, 2.45) is 5.29 Å². The molecule has 92 valence electrons. The summed E-state index contributed by atoms with van der Waals surface area (Å²) in [7, 11) is 0. The van der Waals surface area contributed by atoms with Gasteiger partial charge in [-0.2, -0.15) is 5.01 Å². The Morgan fingerprint density at radius 2 is 2.24 bits per heavy atom. The topological polar surface area (TPSA) is 148 Å². The Morgan fingerprint density at radius 3 is 2.76 bits per heavy atom. The molecule has 4 N–H and O–H groups in total. The van der Waals surface area contributed by atoms with Crippen LogP contribution in [0.2, 0.25) is 0 Å². The van der Waals surface area contributed by atoms with Gasteiger partial charge < -0.3 is 15.4 Å². The van der Waals surface area contributed by atoms with Crippen molar-refractivity contribution in [3.8, 4) is 0 Å². The second kappa shape index (κ2) is 5.55. The average Bonchev–Trinajstić information content (AvgIpc) is 2.29. The maximum Gasteiger partial charge on any atom is 0.345 e. The maximum atomic E-state index is 11.3. The van der Waals surface area contributed by atoms with Gasteiger partial charge in [0.15, 0.2) is 0 Å². The van der Waals surface area contributed by atoms with Crippen molar-refractivity contribution in [2.45, 2.75) is 0 Å². The monoisotopic (exact) mass is 243 g/mol. The van der Waals surface area contributed by atoms with Crippen molar-refractivity contribution in [1.29, 1.82) is 0 Å². The van der Waals surface area contributed by atoms with Crippen LogP contribution in [0.3, 0.4) is 0 Å². The van der Waals surface area contributed by atoms with E-state index >= 15 is 0 Å². The van der Waals surface area contributed by atoms with Gasteiger partial charge in [0, 0.05) is 6.20 Å². The van der Waals surface area contributed by atoms with Crippen molar-refractivity contribution in [3.63, 3.8) is 0 Å². The van der Waals surface area contributed by atoms with Gasteiger partial charge in [0.1, 0.15) is 5.69 Å². The fourth-order valence-electron chi connectivity index (χ4n) is 0.957. The molecule has 0 aliphatic heterocycles. The number of aliphatic hydroxyl groups excluding tert-OH is 1.